The Morgan fingerprint density at radius 2 is 1.89 bits per heavy atom. The minimum atomic E-state index is -1.39. The van der Waals surface area contributed by atoms with Crippen LogP contribution < -0.4 is 9.64 Å². The average molecular weight is 369 g/mol. The summed E-state index contributed by atoms with van der Waals surface area (Å²) in [6.45, 7) is 4.15. The van der Waals surface area contributed by atoms with Gasteiger partial charge in [-0.1, -0.05) is 6.92 Å². The van der Waals surface area contributed by atoms with Crippen LogP contribution in [0.5, 0.6) is 5.75 Å². The van der Waals surface area contributed by atoms with Crippen molar-refractivity contribution in [2.24, 2.45) is 0 Å². The number of nitrogens with zero attached hydrogens (tertiary/aromatic N) is 3. The molecule has 2 aromatic carbocycles. The first kappa shape index (κ1) is 18.6. The molecule has 0 radical (unpaired) electrons. The fourth-order valence-corrected chi connectivity index (χ4v) is 2.72. The predicted octanol–water partition coefficient (Wildman–Crippen LogP) is 4.73. The zero-order valence-corrected chi connectivity index (χ0v) is 15.3. The van der Waals surface area contributed by atoms with Gasteiger partial charge in [0.25, 0.3) is 0 Å². The molecule has 0 aliphatic carbocycles. The van der Waals surface area contributed by atoms with Crippen molar-refractivity contribution in [3.63, 3.8) is 0 Å². The molecule has 1 N–H and O–H groups in total. The number of ether oxygens (including phenoxy) is 1. The molecule has 0 fully saturated rings. The van der Waals surface area contributed by atoms with E-state index in [-0.39, 0.29) is 17.6 Å². The van der Waals surface area contributed by atoms with Crippen LogP contribution in [0.25, 0.3) is 22.3 Å². The van der Waals surface area contributed by atoms with Gasteiger partial charge in [0.1, 0.15) is 17.3 Å². The Kier molecular flexibility index (Phi) is 5.21. The molecule has 140 valence electrons. The number of anilines is 1. The molecule has 1 aromatic heterocycles. The van der Waals surface area contributed by atoms with Gasteiger partial charge < -0.3 is 14.7 Å². The summed E-state index contributed by atoms with van der Waals surface area (Å²) in [5.74, 6) is 0.492. The van der Waals surface area contributed by atoms with Crippen LogP contribution in [0.3, 0.4) is 0 Å². The van der Waals surface area contributed by atoms with Crippen molar-refractivity contribution in [3.8, 4) is 17.0 Å². The van der Waals surface area contributed by atoms with E-state index < -0.39 is 6.16 Å². The summed E-state index contributed by atoms with van der Waals surface area (Å²) in [5, 5.41) is 8.80. The monoisotopic (exact) mass is 369 g/mol. The Morgan fingerprint density at radius 3 is 2.52 bits per heavy atom. The van der Waals surface area contributed by atoms with Gasteiger partial charge in [0, 0.05) is 24.7 Å². The first-order chi connectivity index (χ1) is 12.9. The number of hydrogen-bond acceptors (Lipinski definition) is 5. The first-order valence-corrected chi connectivity index (χ1v) is 8.60. The van der Waals surface area contributed by atoms with E-state index in [0.717, 1.165) is 12.0 Å². The van der Waals surface area contributed by atoms with Crippen molar-refractivity contribution < 1.29 is 19.0 Å². The summed E-state index contributed by atoms with van der Waals surface area (Å²) in [7, 11) is 1.93. The van der Waals surface area contributed by atoms with Crippen LogP contribution in [-0.4, -0.2) is 34.3 Å². The molecule has 3 aromatic rings. The highest BCUT2D eigenvalue weighted by Crippen LogP contribution is 2.31. The number of carboxylic acid groups (broad SMARTS) is 1. The maximum absolute atomic E-state index is 13.3. The lowest BCUT2D eigenvalue weighted by atomic mass is 10.1. The fourth-order valence-electron chi connectivity index (χ4n) is 2.72. The van der Waals surface area contributed by atoms with E-state index in [0.29, 0.717) is 22.5 Å². The molecule has 0 bridgehead atoms. The zero-order chi connectivity index (χ0) is 19.6. The van der Waals surface area contributed by atoms with Crippen molar-refractivity contribution >= 4 is 23.0 Å². The largest absolute Gasteiger partial charge is 0.511 e. The highest BCUT2D eigenvalue weighted by atomic mass is 19.1. The van der Waals surface area contributed by atoms with Gasteiger partial charge in [-0.15, -0.1) is 0 Å². The normalized spacial score (nSPS) is 12.0. The smallest absolute Gasteiger partial charge is 0.449 e. The van der Waals surface area contributed by atoms with E-state index in [4.69, 9.17) is 19.8 Å². The van der Waals surface area contributed by atoms with Gasteiger partial charge in [-0.25, -0.2) is 19.2 Å². The van der Waals surface area contributed by atoms with Gasteiger partial charge in [0.05, 0.1) is 11.0 Å². The van der Waals surface area contributed by atoms with Crippen molar-refractivity contribution in [1.82, 2.24) is 9.97 Å². The molecule has 0 saturated carbocycles. The van der Waals surface area contributed by atoms with Gasteiger partial charge >= 0.3 is 6.16 Å². The number of hydrogen-bond donors (Lipinski definition) is 1. The second-order valence-corrected chi connectivity index (χ2v) is 6.29. The topological polar surface area (TPSA) is 75.6 Å². The van der Waals surface area contributed by atoms with Crippen LogP contribution in [0.1, 0.15) is 20.3 Å². The maximum Gasteiger partial charge on any atom is 0.511 e. The van der Waals surface area contributed by atoms with Crippen molar-refractivity contribution in [3.05, 3.63) is 48.3 Å². The molecule has 6 nitrogen and oxygen atoms in total. The fraction of sp³-hybridized carbons (Fsp3) is 0.250. The van der Waals surface area contributed by atoms with E-state index >= 15 is 0 Å². The minimum absolute atomic E-state index is 0.177. The molecule has 0 amide bonds. The van der Waals surface area contributed by atoms with Gasteiger partial charge in [-0.05, 0) is 49.7 Å². The molecule has 0 aliphatic rings. The molecule has 7 heteroatoms. The lowest BCUT2D eigenvalue weighted by molar-refractivity contribution is 0.144. The van der Waals surface area contributed by atoms with Crippen molar-refractivity contribution in [2.75, 3.05) is 11.9 Å². The first-order valence-electron chi connectivity index (χ1n) is 8.60. The van der Waals surface area contributed by atoms with Crippen LogP contribution in [0.4, 0.5) is 15.0 Å². The van der Waals surface area contributed by atoms with E-state index in [1.54, 1.807) is 24.3 Å². The summed E-state index contributed by atoms with van der Waals surface area (Å²) < 4.78 is 18.1. The SMILES string of the molecule is CC[C@H](C)N(C)c1nc2cc(OC(=O)O)ccc2nc1-c1ccc(F)cc1. The van der Waals surface area contributed by atoms with Crippen LogP contribution >= 0.6 is 0 Å². The maximum atomic E-state index is 13.3. The molecule has 0 aliphatic heterocycles. The third-order valence-electron chi connectivity index (χ3n) is 4.53. The highest BCUT2D eigenvalue weighted by molar-refractivity contribution is 5.84. The Balaban J connectivity index is 2.19. The van der Waals surface area contributed by atoms with Gasteiger partial charge in [-0.2, -0.15) is 0 Å². The molecule has 3 rings (SSSR count). The summed E-state index contributed by atoms with van der Waals surface area (Å²) in [4.78, 5) is 22.2. The predicted molar refractivity (Wildman–Crippen MR) is 102 cm³/mol. The quantitative estimate of drug-likeness (QED) is 0.518. The second-order valence-electron chi connectivity index (χ2n) is 6.29. The lowest BCUT2D eigenvalue weighted by Crippen LogP contribution is -2.29. The van der Waals surface area contributed by atoms with Crippen molar-refractivity contribution in [2.45, 2.75) is 26.3 Å². The third-order valence-corrected chi connectivity index (χ3v) is 4.53. The highest BCUT2D eigenvalue weighted by Gasteiger charge is 2.18. The molecule has 27 heavy (non-hydrogen) atoms. The number of benzene rings is 2. The standard InChI is InChI=1S/C20H20FN3O3/c1-4-12(2)24(3)19-18(13-5-7-14(21)8-6-13)22-16-10-9-15(27-20(25)26)11-17(16)23-19/h5-12H,4H2,1-3H3,(H,25,26)/t12-/m0/s1. The molecule has 0 spiro atoms. The zero-order valence-electron chi connectivity index (χ0n) is 15.3. The summed E-state index contributed by atoms with van der Waals surface area (Å²) in [6, 6.07) is 11.0. The Labute approximate surface area is 156 Å². The van der Waals surface area contributed by atoms with Crippen LogP contribution in [0.2, 0.25) is 0 Å². The van der Waals surface area contributed by atoms with E-state index in [1.807, 2.05) is 11.9 Å². The van der Waals surface area contributed by atoms with E-state index in [2.05, 4.69) is 13.8 Å². The molecule has 1 atom stereocenters. The minimum Gasteiger partial charge on any atom is -0.449 e. The van der Waals surface area contributed by atoms with E-state index in [9.17, 15) is 9.18 Å². The summed E-state index contributed by atoms with van der Waals surface area (Å²) in [6.07, 6.45) is -0.483. The van der Waals surface area contributed by atoms with Crippen LogP contribution in [0, 0.1) is 5.82 Å². The average Bonchev–Trinajstić information content (AvgIpc) is 2.66. The molecule has 0 saturated heterocycles. The third kappa shape index (κ3) is 3.97. The second kappa shape index (κ2) is 7.57. The summed E-state index contributed by atoms with van der Waals surface area (Å²) in [5.41, 5.74) is 2.50. The number of fused-ring (bicyclic) bond motifs is 1. The molecule has 0 unspecified atom stereocenters. The van der Waals surface area contributed by atoms with Gasteiger partial charge in [0.2, 0.25) is 0 Å². The molecule has 1 heterocycles. The Hall–Kier alpha value is -3.22. The van der Waals surface area contributed by atoms with E-state index in [1.165, 1.54) is 18.2 Å². The lowest BCUT2D eigenvalue weighted by Gasteiger charge is -2.27. The Bertz CT molecular complexity index is 976. The summed E-state index contributed by atoms with van der Waals surface area (Å²) >= 11 is 0. The molecular formula is C20H20FN3O3. The van der Waals surface area contributed by atoms with Crippen LogP contribution in [-0.2, 0) is 0 Å². The number of carbonyl (C=O) groups is 1. The van der Waals surface area contributed by atoms with Gasteiger partial charge in [0.15, 0.2) is 5.82 Å². The van der Waals surface area contributed by atoms with Crippen LogP contribution in [0.15, 0.2) is 42.5 Å². The van der Waals surface area contributed by atoms with Gasteiger partial charge in [-0.3, -0.25) is 0 Å². The Morgan fingerprint density at radius 1 is 1.19 bits per heavy atom. The number of rotatable bonds is 5. The van der Waals surface area contributed by atoms with Crippen molar-refractivity contribution in [1.29, 1.82) is 0 Å². The number of halogens is 1. The molecular weight excluding hydrogens is 349 g/mol. The number of aromatic nitrogens is 2.